The predicted molar refractivity (Wildman–Crippen MR) is 122 cm³/mol. The number of carbonyl (C=O) groups excluding carboxylic acids is 2. The van der Waals surface area contributed by atoms with Gasteiger partial charge in [0, 0.05) is 19.2 Å². The highest BCUT2D eigenvalue weighted by Gasteiger charge is 2.35. The number of nitrogens with zero attached hydrogens (tertiary/aromatic N) is 1. The number of sulfonamides is 1. The summed E-state index contributed by atoms with van der Waals surface area (Å²) in [4.78, 5) is 24.2. The van der Waals surface area contributed by atoms with E-state index < -0.39 is 15.9 Å². The Morgan fingerprint density at radius 1 is 1.22 bits per heavy atom. The van der Waals surface area contributed by atoms with Gasteiger partial charge in [-0.25, -0.2) is 8.42 Å². The smallest absolute Gasteiger partial charge is 0.262 e. The topological polar surface area (TPSA) is 105 Å². The minimum absolute atomic E-state index is 0.0165. The molecular formula is C21H21Cl2N3O5S. The number of piperidine rings is 1. The normalized spacial score (nSPS) is 19.0. The summed E-state index contributed by atoms with van der Waals surface area (Å²) in [5.74, 6) is -0.947. The third kappa shape index (κ3) is 4.56. The molecule has 2 aromatic carbocycles. The van der Waals surface area contributed by atoms with E-state index in [1.807, 2.05) is 13.0 Å². The van der Waals surface area contributed by atoms with Gasteiger partial charge >= 0.3 is 0 Å². The zero-order chi connectivity index (χ0) is 23.0. The summed E-state index contributed by atoms with van der Waals surface area (Å²) in [6.45, 7) is 1.97. The molecule has 2 aromatic rings. The molecule has 1 fully saturated rings. The first-order valence-corrected chi connectivity index (χ1v) is 12.2. The Hall–Kier alpha value is -2.33. The van der Waals surface area contributed by atoms with E-state index in [-0.39, 0.29) is 47.2 Å². The molecule has 2 amide bonds. The summed E-state index contributed by atoms with van der Waals surface area (Å²) >= 11 is 12.4. The van der Waals surface area contributed by atoms with Crippen LogP contribution >= 0.6 is 23.2 Å². The summed E-state index contributed by atoms with van der Waals surface area (Å²) in [6, 6.07) is 7.97. The standard InChI is InChI=1S/C21H21Cl2N3O5S/c1-12-4-5-16(14(22)7-12)25-21(28)13-3-2-6-26(10-13)32(29,30)19-9-18-17(8-15(19)23)24-20(27)11-31-18/h4-5,7-9,13H,2-3,6,10-11H2,1H3,(H,24,27)(H,25,28)/t13-/m1/s1. The Balaban J connectivity index is 1.53. The molecular weight excluding hydrogens is 477 g/mol. The lowest BCUT2D eigenvalue weighted by Gasteiger charge is -2.31. The highest BCUT2D eigenvalue weighted by atomic mass is 35.5. The molecule has 170 valence electrons. The van der Waals surface area contributed by atoms with Crippen LogP contribution in [0.15, 0.2) is 35.2 Å². The van der Waals surface area contributed by atoms with Crippen molar-refractivity contribution in [2.45, 2.75) is 24.7 Å². The zero-order valence-electron chi connectivity index (χ0n) is 17.2. The summed E-state index contributed by atoms with van der Waals surface area (Å²) in [6.07, 6.45) is 1.07. The number of anilines is 2. The molecule has 2 aliphatic rings. The van der Waals surface area contributed by atoms with Gasteiger partial charge in [0.1, 0.15) is 10.6 Å². The Bertz CT molecular complexity index is 1200. The van der Waals surface area contributed by atoms with E-state index >= 15 is 0 Å². The third-order valence-corrected chi connectivity index (χ3v) is 8.06. The van der Waals surface area contributed by atoms with Gasteiger partial charge in [0.25, 0.3) is 5.91 Å². The molecule has 2 N–H and O–H groups in total. The fourth-order valence-corrected chi connectivity index (χ4v) is 6.07. The van der Waals surface area contributed by atoms with Crippen molar-refractivity contribution in [3.05, 3.63) is 45.9 Å². The van der Waals surface area contributed by atoms with Crippen LogP contribution in [0, 0.1) is 12.8 Å². The molecule has 0 radical (unpaired) electrons. The molecule has 1 atom stereocenters. The minimum Gasteiger partial charge on any atom is -0.482 e. The molecule has 11 heteroatoms. The molecule has 32 heavy (non-hydrogen) atoms. The molecule has 2 heterocycles. The van der Waals surface area contributed by atoms with Crippen molar-refractivity contribution < 1.29 is 22.7 Å². The number of aryl methyl sites for hydroxylation is 1. The van der Waals surface area contributed by atoms with Crippen molar-refractivity contribution in [2.24, 2.45) is 5.92 Å². The molecule has 0 bridgehead atoms. The van der Waals surface area contributed by atoms with Crippen LogP contribution in [0.4, 0.5) is 11.4 Å². The van der Waals surface area contributed by atoms with Crippen LogP contribution in [-0.4, -0.2) is 44.2 Å². The molecule has 0 spiro atoms. The van der Waals surface area contributed by atoms with Gasteiger partial charge in [-0.1, -0.05) is 29.3 Å². The number of hydrogen-bond acceptors (Lipinski definition) is 5. The van der Waals surface area contributed by atoms with E-state index in [0.29, 0.717) is 29.2 Å². The summed E-state index contributed by atoms with van der Waals surface area (Å²) < 4.78 is 33.2. The van der Waals surface area contributed by atoms with Crippen LogP contribution in [0.1, 0.15) is 18.4 Å². The zero-order valence-corrected chi connectivity index (χ0v) is 19.5. The van der Waals surface area contributed by atoms with Crippen LogP contribution in [0.3, 0.4) is 0 Å². The van der Waals surface area contributed by atoms with Gasteiger partial charge in [0.15, 0.2) is 6.61 Å². The van der Waals surface area contributed by atoms with Crippen LogP contribution in [-0.2, 0) is 19.6 Å². The number of carbonyl (C=O) groups is 2. The maximum Gasteiger partial charge on any atom is 0.262 e. The number of ether oxygens (including phenoxy) is 1. The number of amides is 2. The third-order valence-electron chi connectivity index (χ3n) is 5.42. The van der Waals surface area contributed by atoms with Crippen molar-refractivity contribution in [3.8, 4) is 5.75 Å². The Kier molecular flexibility index (Phi) is 6.35. The predicted octanol–water partition coefficient (Wildman–Crippen LogP) is 3.67. The van der Waals surface area contributed by atoms with Gasteiger partial charge in [0.2, 0.25) is 15.9 Å². The molecule has 4 rings (SSSR count). The summed E-state index contributed by atoms with van der Waals surface area (Å²) in [5, 5.41) is 5.78. The van der Waals surface area contributed by atoms with Crippen molar-refractivity contribution in [3.63, 3.8) is 0 Å². The van der Waals surface area contributed by atoms with Crippen molar-refractivity contribution >= 4 is 56.4 Å². The number of nitrogens with one attached hydrogen (secondary N) is 2. The van der Waals surface area contributed by atoms with Gasteiger partial charge in [0.05, 0.1) is 27.3 Å². The van der Waals surface area contributed by atoms with Gasteiger partial charge in [-0.2, -0.15) is 4.31 Å². The molecule has 2 aliphatic heterocycles. The lowest BCUT2D eigenvalue weighted by Crippen LogP contribution is -2.43. The number of hydrogen-bond donors (Lipinski definition) is 2. The van der Waals surface area contributed by atoms with Gasteiger partial charge in [-0.05, 0) is 43.5 Å². The molecule has 0 saturated carbocycles. The average Bonchev–Trinajstić information content (AvgIpc) is 2.75. The maximum absolute atomic E-state index is 13.3. The van der Waals surface area contributed by atoms with E-state index in [9.17, 15) is 18.0 Å². The second kappa shape index (κ2) is 8.90. The number of benzene rings is 2. The fraction of sp³-hybridized carbons (Fsp3) is 0.333. The highest BCUT2D eigenvalue weighted by Crippen LogP contribution is 2.37. The van der Waals surface area contributed by atoms with Crippen molar-refractivity contribution in [1.29, 1.82) is 0 Å². The monoisotopic (exact) mass is 497 g/mol. The SMILES string of the molecule is Cc1ccc(NC(=O)[C@@H]2CCCN(S(=O)(=O)c3cc4c(cc3Cl)NC(=O)CO4)C2)c(Cl)c1. The van der Waals surface area contributed by atoms with Crippen molar-refractivity contribution in [2.75, 3.05) is 30.3 Å². The average molecular weight is 498 g/mol. The lowest BCUT2D eigenvalue weighted by molar-refractivity contribution is -0.121. The second-order valence-electron chi connectivity index (χ2n) is 7.79. The minimum atomic E-state index is -3.99. The van der Waals surface area contributed by atoms with Gasteiger partial charge < -0.3 is 15.4 Å². The van der Waals surface area contributed by atoms with Crippen LogP contribution < -0.4 is 15.4 Å². The maximum atomic E-state index is 13.3. The fourth-order valence-electron chi connectivity index (χ4n) is 3.75. The van der Waals surface area contributed by atoms with Crippen LogP contribution in [0.2, 0.25) is 10.0 Å². The molecule has 0 aromatic heterocycles. The van der Waals surface area contributed by atoms with Gasteiger partial charge in [-0.3, -0.25) is 9.59 Å². The van der Waals surface area contributed by atoms with E-state index in [1.54, 1.807) is 12.1 Å². The quantitative estimate of drug-likeness (QED) is 0.670. The number of halogens is 2. The second-order valence-corrected chi connectivity index (χ2v) is 10.5. The number of fused-ring (bicyclic) bond motifs is 1. The molecule has 1 saturated heterocycles. The molecule has 8 nitrogen and oxygen atoms in total. The highest BCUT2D eigenvalue weighted by molar-refractivity contribution is 7.89. The number of rotatable bonds is 4. The molecule has 0 aliphatic carbocycles. The first kappa shape index (κ1) is 22.8. The summed E-state index contributed by atoms with van der Waals surface area (Å²) in [7, 11) is -3.99. The van der Waals surface area contributed by atoms with Crippen LogP contribution in [0.25, 0.3) is 0 Å². The van der Waals surface area contributed by atoms with Crippen LogP contribution in [0.5, 0.6) is 5.75 Å². The van der Waals surface area contributed by atoms with Gasteiger partial charge in [-0.15, -0.1) is 0 Å². The largest absolute Gasteiger partial charge is 0.482 e. The Morgan fingerprint density at radius 2 is 2.00 bits per heavy atom. The molecule has 0 unspecified atom stereocenters. The van der Waals surface area contributed by atoms with E-state index in [0.717, 1.165) is 5.56 Å². The lowest BCUT2D eigenvalue weighted by atomic mass is 9.98. The van der Waals surface area contributed by atoms with Crippen molar-refractivity contribution in [1.82, 2.24) is 4.31 Å². The van der Waals surface area contributed by atoms with E-state index in [1.165, 1.54) is 16.4 Å². The summed E-state index contributed by atoms with van der Waals surface area (Å²) in [5.41, 5.74) is 1.77. The van der Waals surface area contributed by atoms with E-state index in [4.69, 9.17) is 27.9 Å². The first-order chi connectivity index (χ1) is 15.1. The Morgan fingerprint density at radius 3 is 2.75 bits per heavy atom. The Labute approximate surface area is 195 Å². The first-order valence-electron chi connectivity index (χ1n) is 9.98. The van der Waals surface area contributed by atoms with E-state index in [2.05, 4.69) is 10.6 Å².